The number of carbonyl (C=O) groups excluding carboxylic acids is 1. The molecule has 0 N–H and O–H groups in total. The van der Waals surface area contributed by atoms with Crippen LogP contribution in [0.3, 0.4) is 0 Å². The van der Waals surface area contributed by atoms with Crippen LogP contribution >= 0.6 is 11.6 Å². The Hall–Kier alpha value is -2.42. The fraction of sp³-hybridized carbons (Fsp3) is 0.409. The Balaban J connectivity index is 1.36. The predicted molar refractivity (Wildman–Crippen MR) is 108 cm³/mol. The Bertz CT molecular complexity index is 997. The second kappa shape index (κ2) is 8.17. The molecule has 2 aliphatic rings. The summed E-state index contributed by atoms with van der Waals surface area (Å²) in [5.41, 5.74) is -0.532. The number of benzene rings is 2. The maximum atomic E-state index is 13.0. The first-order chi connectivity index (χ1) is 14.9. The van der Waals surface area contributed by atoms with Crippen molar-refractivity contribution in [2.45, 2.75) is 24.7 Å². The highest BCUT2D eigenvalue weighted by atomic mass is 35.5. The third-order valence-corrected chi connectivity index (χ3v) is 6.30. The molecule has 4 rings (SSSR count). The van der Waals surface area contributed by atoms with E-state index in [9.17, 15) is 31.1 Å². The van der Waals surface area contributed by atoms with E-state index in [1.165, 1.54) is 18.2 Å². The highest BCUT2D eigenvalue weighted by Crippen LogP contribution is 2.49. The first-order valence-electron chi connectivity index (χ1n) is 10.0. The van der Waals surface area contributed by atoms with Crippen LogP contribution in [0.15, 0.2) is 42.5 Å². The molecule has 172 valence electrons. The third-order valence-electron chi connectivity index (χ3n) is 5.98. The molecule has 2 aromatic rings. The van der Waals surface area contributed by atoms with Crippen molar-refractivity contribution < 1.29 is 31.1 Å². The van der Waals surface area contributed by atoms with Gasteiger partial charge in [0.15, 0.2) is 0 Å². The van der Waals surface area contributed by atoms with Gasteiger partial charge in [-0.3, -0.25) is 4.79 Å². The summed E-state index contributed by atoms with van der Waals surface area (Å²) in [5.74, 6) is -0.471. The molecule has 0 bridgehead atoms. The molecular formula is C22H19ClF6N2O. The molecule has 2 fully saturated rings. The van der Waals surface area contributed by atoms with E-state index in [2.05, 4.69) is 0 Å². The van der Waals surface area contributed by atoms with Crippen LogP contribution in [0.2, 0.25) is 5.02 Å². The van der Waals surface area contributed by atoms with Gasteiger partial charge in [-0.05, 0) is 48.2 Å². The number of nitrogens with zero attached hydrogens (tertiary/aromatic N) is 2. The van der Waals surface area contributed by atoms with Crippen LogP contribution in [0, 0.1) is 5.92 Å². The van der Waals surface area contributed by atoms with Crippen LogP contribution in [0.4, 0.5) is 32.0 Å². The van der Waals surface area contributed by atoms with E-state index in [1.54, 1.807) is 9.80 Å². The zero-order valence-electron chi connectivity index (χ0n) is 16.7. The molecule has 0 aromatic heterocycles. The number of rotatable bonds is 3. The zero-order chi connectivity index (χ0) is 23.3. The Kier molecular flexibility index (Phi) is 5.81. The minimum absolute atomic E-state index is 0.0790. The average Bonchev–Trinajstić information content (AvgIpc) is 3.53. The summed E-state index contributed by atoms with van der Waals surface area (Å²) in [6.45, 7) is 1.35. The molecule has 1 amide bonds. The van der Waals surface area contributed by atoms with Crippen molar-refractivity contribution in [3.63, 3.8) is 0 Å². The summed E-state index contributed by atoms with van der Waals surface area (Å²) in [6, 6.07) is 8.03. The molecule has 0 spiro atoms. The highest BCUT2D eigenvalue weighted by molar-refractivity contribution is 6.33. The summed E-state index contributed by atoms with van der Waals surface area (Å²) in [7, 11) is 0. The van der Waals surface area contributed by atoms with E-state index in [0.717, 1.165) is 24.3 Å². The second-order valence-electron chi connectivity index (χ2n) is 8.04. The van der Waals surface area contributed by atoms with Crippen LogP contribution in [0.5, 0.6) is 0 Å². The summed E-state index contributed by atoms with van der Waals surface area (Å²) >= 11 is 6.11. The van der Waals surface area contributed by atoms with Crippen LogP contribution < -0.4 is 4.90 Å². The number of hydrogen-bond acceptors (Lipinski definition) is 2. The first kappa shape index (κ1) is 22.8. The van der Waals surface area contributed by atoms with E-state index in [4.69, 9.17) is 11.6 Å². The number of anilines is 1. The lowest BCUT2D eigenvalue weighted by Crippen LogP contribution is -2.49. The van der Waals surface area contributed by atoms with E-state index in [0.29, 0.717) is 38.2 Å². The fourth-order valence-corrected chi connectivity index (χ4v) is 4.33. The van der Waals surface area contributed by atoms with Gasteiger partial charge >= 0.3 is 12.4 Å². The topological polar surface area (TPSA) is 23.6 Å². The first-order valence-corrected chi connectivity index (χ1v) is 10.4. The van der Waals surface area contributed by atoms with Gasteiger partial charge in [-0.25, -0.2) is 0 Å². The van der Waals surface area contributed by atoms with Gasteiger partial charge in [0.1, 0.15) is 0 Å². The van der Waals surface area contributed by atoms with Crippen molar-refractivity contribution in [3.8, 4) is 0 Å². The molecule has 10 heteroatoms. The number of carbonyl (C=O) groups is 1. The van der Waals surface area contributed by atoms with Gasteiger partial charge in [-0.15, -0.1) is 0 Å². The molecule has 1 aliphatic carbocycles. The molecule has 32 heavy (non-hydrogen) atoms. The Morgan fingerprint density at radius 2 is 1.41 bits per heavy atom. The standard InChI is InChI=1S/C22H19ClF6N2O/c23-18-6-5-15(22(27,28)29)11-19(18)30-7-9-31(10-8-30)20(32)17-12-16(17)13-1-3-14(4-2-13)21(24,25)26/h1-6,11,16-17H,7-10,12H2/t16-,17-/m0/s1. The summed E-state index contributed by atoms with van der Waals surface area (Å²) in [4.78, 5) is 16.2. The lowest BCUT2D eigenvalue weighted by molar-refractivity contribution is -0.138. The number of halogens is 7. The minimum Gasteiger partial charge on any atom is -0.367 e. The van der Waals surface area contributed by atoms with E-state index < -0.39 is 23.5 Å². The smallest absolute Gasteiger partial charge is 0.367 e. The van der Waals surface area contributed by atoms with Crippen LogP contribution in [0.1, 0.15) is 29.0 Å². The van der Waals surface area contributed by atoms with Gasteiger partial charge in [0.25, 0.3) is 0 Å². The van der Waals surface area contributed by atoms with Crippen molar-refractivity contribution in [1.82, 2.24) is 4.90 Å². The van der Waals surface area contributed by atoms with Crippen molar-refractivity contribution in [1.29, 1.82) is 0 Å². The Morgan fingerprint density at radius 3 is 1.97 bits per heavy atom. The molecule has 2 aromatic carbocycles. The zero-order valence-corrected chi connectivity index (χ0v) is 17.4. The van der Waals surface area contributed by atoms with E-state index >= 15 is 0 Å². The van der Waals surface area contributed by atoms with Gasteiger partial charge in [-0.2, -0.15) is 26.3 Å². The minimum atomic E-state index is -4.48. The van der Waals surface area contributed by atoms with Gasteiger partial charge in [0.2, 0.25) is 5.91 Å². The third kappa shape index (κ3) is 4.67. The number of alkyl halides is 6. The van der Waals surface area contributed by atoms with Crippen LogP contribution in [-0.4, -0.2) is 37.0 Å². The molecule has 1 heterocycles. The Labute approximate surface area is 185 Å². The van der Waals surface area contributed by atoms with Crippen molar-refractivity contribution in [2.75, 3.05) is 31.1 Å². The quantitative estimate of drug-likeness (QED) is 0.520. The lowest BCUT2D eigenvalue weighted by Gasteiger charge is -2.37. The van der Waals surface area contributed by atoms with Crippen LogP contribution in [-0.2, 0) is 17.1 Å². The fourth-order valence-electron chi connectivity index (χ4n) is 4.09. The van der Waals surface area contributed by atoms with Crippen molar-refractivity contribution in [3.05, 3.63) is 64.2 Å². The van der Waals surface area contributed by atoms with Crippen LogP contribution in [0.25, 0.3) is 0 Å². The van der Waals surface area contributed by atoms with Gasteiger partial charge in [-0.1, -0.05) is 23.7 Å². The van der Waals surface area contributed by atoms with Gasteiger partial charge in [0, 0.05) is 32.1 Å². The molecule has 1 saturated heterocycles. The second-order valence-corrected chi connectivity index (χ2v) is 8.45. The summed E-state index contributed by atoms with van der Waals surface area (Å²) in [6.07, 6.45) is -8.31. The number of piperazine rings is 1. The normalized spacial score (nSPS) is 21.6. The molecule has 0 unspecified atom stereocenters. The van der Waals surface area contributed by atoms with E-state index in [-0.39, 0.29) is 28.5 Å². The molecule has 0 radical (unpaired) electrons. The van der Waals surface area contributed by atoms with Crippen molar-refractivity contribution in [2.24, 2.45) is 5.92 Å². The molecule has 1 aliphatic heterocycles. The molecule has 3 nitrogen and oxygen atoms in total. The average molecular weight is 477 g/mol. The number of amides is 1. The maximum absolute atomic E-state index is 13.0. The van der Waals surface area contributed by atoms with Gasteiger partial charge in [0.05, 0.1) is 21.8 Å². The molecular weight excluding hydrogens is 458 g/mol. The summed E-state index contributed by atoms with van der Waals surface area (Å²) in [5, 5.41) is 0.210. The van der Waals surface area contributed by atoms with Crippen molar-refractivity contribution >= 4 is 23.2 Å². The lowest BCUT2D eigenvalue weighted by atomic mass is 10.1. The Morgan fingerprint density at radius 1 is 0.844 bits per heavy atom. The monoisotopic (exact) mass is 476 g/mol. The van der Waals surface area contributed by atoms with E-state index in [1.807, 2.05) is 0 Å². The molecule has 2 atom stereocenters. The molecule has 1 saturated carbocycles. The SMILES string of the molecule is O=C([C@H]1C[C@H]1c1ccc(C(F)(F)F)cc1)N1CCN(c2cc(C(F)(F)F)ccc2Cl)CC1. The predicted octanol–water partition coefficient (Wildman–Crippen LogP) is 5.83. The largest absolute Gasteiger partial charge is 0.416 e. The number of hydrogen-bond donors (Lipinski definition) is 0. The maximum Gasteiger partial charge on any atom is 0.416 e. The van der Waals surface area contributed by atoms with Gasteiger partial charge < -0.3 is 9.80 Å². The summed E-state index contributed by atoms with van der Waals surface area (Å²) < 4.78 is 77.2. The highest BCUT2D eigenvalue weighted by Gasteiger charge is 2.46.